The van der Waals surface area contributed by atoms with Crippen LogP contribution in [-0.2, 0) is 11.2 Å². The first kappa shape index (κ1) is 16.9. The van der Waals surface area contributed by atoms with E-state index in [-0.39, 0.29) is 11.9 Å². The quantitative estimate of drug-likeness (QED) is 0.779. The number of pyridine rings is 1. The Balaban J connectivity index is 1.75. The number of para-hydroxylation sites is 1. The molecule has 0 radical (unpaired) electrons. The summed E-state index contributed by atoms with van der Waals surface area (Å²) < 4.78 is 1.89. The molecule has 0 aliphatic heterocycles. The van der Waals surface area contributed by atoms with Gasteiger partial charge in [0.15, 0.2) is 0 Å². The maximum Gasteiger partial charge on any atom is 0.225 e. The van der Waals surface area contributed by atoms with Crippen molar-refractivity contribution in [3.63, 3.8) is 0 Å². The Morgan fingerprint density at radius 1 is 1.12 bits per heavy atom. The third-order valence-corrected chi connectivity index (χ3v) is 4.36. The normalized spacial score (nSPS) is 12.0. The highest BCUT2D eigenvalue weighted by Gasteiger charge is 2.17. The second-order valence-electron chi connectivity index (χ2n) is 6.14. The zero-order valence-corrected chi connectivity index (χ0v) is 14.7. The van der Waals surface area contributed by atoms with E-state index in [1.54, 1.807) is 12.4 Å². The molecule has 0 bridgehead atoms. The highest BCUT2D eigenvalue weighted by molar-refractivity contribution is 5.79. The van der Waals surface area contributed by atoms with Gasteiger partial charge in [-0.25, -0.2) is 4.68 Å². The Hall–Kier alpha value is -2.95. The number of nitrogens with one attached hydrogen (secondary N) is 1. The minimum atomic E-state index is -0.0553. The third kappa shape index (κ3) is 3.76. The lowest BCUT2D eigenvalue weighted by atomic mass is 10.1. The summed E-state index contributed by atoms with van der Waals surface area (Å²) in [7, 11) is 0. The molecule has 0 aliphatic carbocycles. The van der Waals surface area contributed by atoms with Crippen LogP contribution < -0.4 is 5.32 Å². The fourth-order valence-corrected chi connectivity index (χ4v) is 2.94. The van der Waals surface area contributed by atoms with Crippen LogP contribution in [0.15, 0.2) is 54.9 Å². The van der Waals surface area contributed by atoms with Crippen molar-refractivity contribution in [1.29, 1.82) is 0 Å². The van der Waals surface area contributed by atoms with Crippen LogP contribution >= 0.6 is 0 Å². The van der Waals surface area contributed by atoms with Crippen molar-refractivity contribution in [2.24, 2.45) is 0 Å². The van der Waals surface area contributed by atoms with Crippen molar-refractivity contribution in [2.45, 2.75) is 33.2 Å². The summed E-state index contributed by atoms with van der Waals surface area (Å²) in [6.07, 6.45) is 3.78. The maximum atomic E-state index is 12.5. The number of aromatic nitrogens is 3. The second kappa shape index (κ2) is 7.30. The van der Waals surface area contributed by atoms with Crippen LogP contribution in [0.1, 0.15) is 35.5 Å². The molecular weight excluding hydrogens is 312 g/mol. The highest BCUT2D eigenvalue weighted by atomic mass is 16.1. The molecule has 1 atom stereocenters. The van der Waals surface area contributed by atoms with Crippen LogP contribution in [0.2, 0.25) is 0 Å². The Bertz CT molecular complexity index is 856. The smallest absolute Gasteiger partial charge is 0.225 e. The Morgan fingerprint density at radius 3 is 2.48 bits per heavy atom. The lowest BCUT2D eigenvalue weighted by Gasteiger charge is -2.14. The molecule has 0 saturated heterocycles. The van der Waals surface area contributed by atoms with Crippen molar-refractivity contribution in [3.05, 3.63) is 77.4 Å². The average Bonchev–Trinajstić information content (AvgIpc) is 2.91. The van der Waals surface area contributed by atoms with Gasteiger partial charge >= 0.3 is 0 Å². The molecule has 0 spiro atoms. The van der Waals surface area contributed by atoms with Gasteiger partial charge in [0.1, 0.15) is 0 Å². The van der Waals surface area contributed by atoms with Gasteiger partial charge in [-0.2, -0.15) is 5.10 Å². The molecule has 3 rings (SSSR count). The average molecular weight is 334 g/mol. The maximum absolute atomic E-state index is 12.5. The van der Waals surface area contributed by atoms with Gasteiger partial charge < -0.3 is 5.32 Å². The van der Waals surface area contributed by atoms with Crippen molar-refractivity contribution in [2.75, 3.05) is 0 Å². The number of benzene rings is 1. The van der Waals surface area contributed by atoms with E-state index in [0.717, 1.165) is 28.2 Å². The van der Waals surface area contributed by atoms with E-state index in [1.165, 1.54) is 0 Å². The number of carbonyl (C=O) groups is 1. The molecule has 0 fully saturated rings. The first-order valence-electron chi connectivity index (χ1n) is 8.36. The van der Waals surface area contributed by atoms with Gasteiger partial charge in [-0.05, 0) is 50.6 Å². The Labute approximate surface area is 147 Å². The molecule has 5 heteroatoms. The largest absolute Gasteiger partial charge is 0.349 e. The number of carbonyl (C=O) groups excluding carboxylic acids is 1. The van der Waals surface area contributed by atoms with Gasteiger partial charge in [-0.1, -0.05) is 18.2 Å². The third-order valence-electron chi connectivity index (χ3n) is 4.36. The Kier molecular flexibility index (Phi) is 4.93. The van der Waals surface area contributed by atoms with E-state index < -0.39 is 0 Å². The van der Waals surface area contributed by atoms with E-state index in [4.69, 9.17) is 0 Å². The molecule has 1 N–H and O–H groups in total. The molecule has 1 unspecified atom stereocenters. The summed E-state index contributed by atoms with van der Waals surface area (Å²) in [4.78, 5) is 16.5. The minimum Gasteiger partial charge on any atom is -0.349 e. The molecule has 3 aromatic rings. The van der Waals surface area contributed by atoms with Crippen LogP contribution in [0.4, 0.5) is 0 Å². The summed E-state index contributed by atoms with van der Waals surface area (Å²) in [6, 6.07) is 13.7. The number of hydrogen-bond acceptors (Lipinski definition) is 3. The molecule has 0 saturated carbocycles. The topological polar surface area (TPSA) is 59.8 Å². The highest BCUT2D eigenvalue weighted by Crippen LogP contribution is 2.19. The van der Waals surface area contributed by atoms with Crippen molar-refractivity contribution < 1.29 is 4.79 Å². The van der Waals surface area contributed by atoms with Gasteiger partial charge in [0.2, 0.25) is 5.91 Å². The van der Waals surface area contributed by atoms with E-state index >= 15 is 0 Å². The van der Waals surface area contributed by atoms with Gasteiger partial charge in [0.05, 0.1) is 23.8 Å². The van der Waals surface area contributed by atoms with E-state index in [0.29, 0.717) is 6.42 Å². The second-order valence-corrected chi connectivity index (χ2v) is 6.14. The summed E-state index contributed by atoms with van der Waals surface area (Å²) in [5.74, 6) is -0.0110. The van der Waals surface area contributed by atoms with Crippen molar-refractivity contribution in [3.8, 4) is 5.69 Å². The zero-order chi connectivity index (χ0) is 17.8. The molecule has 0 aliphatic rings. The zero-order valence-electron chi connectivity index (χ0n) is 14.7. The summed E-state index contributed by atoms with van der Waals surface area (Å²) in [5.41, 5.74) is 4.89. The summed E-state index contributed by atoms with van der Waals surface area (Å²) >= 11 is 0. The summed E-state index contributed by atoms with van der Waals surface area (Å²) in [6.45, 7) is 5.92. The minimum absolute atomic E-state index is 0.0110. The standard InChI is InChI=1S/C20H22N4O/c1-14(17-9-11-21-12-10-17)22-20(25)13-19-15(2)23-24(16(19)3)18-7-5-4-6-8-18/h4-12,14H,13H2,1-3H3,(H,22,25). The molecule has 25 heavy (non-hydrogen) atoms. The van der Waals surface area contributed by atoms with Crippen LogP contribution in [0.25, 0.3) is 5.69 Å². The van der Waals surface area contributed by atoms with E-state index in [1.807, 2.05) is 67.9 Å². The number of aryl methyl sites for hydroxylation is 1. The molecule has 2 aromatic heterocycles. The number of amides is 1. The van der Waals surface area contributed by atoms with Gasteiger partial charge in [0, 0.05) is 23.7 Å². The van der Waals surface area contributed by atoms with Gasteiger partial charge in [-0.3, -0.25) is 9.78 Å². The van der Waals surface area contributed by atoms with Crippen LogP contribution in [0, 0.1) is 13.8 Å². The first-order valence-corrected chi connectivity index (χ1v) is 8.36. The summed E-state index contributed by atoms with van der Waals surface area (Å²) in [5, 5.41) is 7.64. The van der Waals surface area contributed by atoms with Crippen molar-refractivity contribution >= 4 is 5.91 Å². The van der Waals surface area contributed by atoms with Crippen LogP contribution in [-0.4, -0.2) is 20.7 Å². The van der Waals surface area contributed by atoms with E-state index in [9.17, 15) is 4.79 Å². The van der Waals surface area contributed by atoms with Gasteiger partial charge in [0.25, 0.3) is 0 Å². The number of nitrogens with zero attached hydrogens (tertiary/aromatic N) is 3. The Morgan fingerprint density at radius 2 is 1.80 bits per heavy atom. The number of rotatable bonds is 5. The predicted octanol–water partition coefficient (Wildman–Crippen LogP) is 3.30. The molecule has 5 nitrogen and oxygen atoms in total. The van der Waals surface area contributed by atoms with E-state index in [2.05, 4.69) is 15.4 Å². The fourth-order valence-electron chi connectivity index (χ4n) is 2.94. The molecule has 1 aromatic carbocycles. The van der Waals surface area contributed by atoms with Crippen LogP contribution in [0.3, 0.4) is 0 Å². The molecule has 128 valence electrons. The monoisotopic (exact) mass is 334 g/mol. The lowest BCUT2D eigenvalue weighted by Crippen LogP contribution is -2.28. The first-order chi connectivity index (χ1) is 12.1. The van der Waals surface area contributed by atoms with Crippen molar-refractivity contribution in [1.82, 2.24) is 20.1 Å². The lowest BCUT2D eigenvalue weighted by molar-refractivity contribution is -0.121. The van der Waals surface area contributed by atoms with Crippen LogP contribution in [0.5, 0.6) is 0 Å². The number of hydrogen-bond donors (Lipinski definition) is 1. The molecule has 2 heterocycles. The SMILES string of the molecule is Cc1nn(-c2ccccc2)c(C)c1CC(=O)NC(C)c1ccncc1. The fraction of sp³-hybridized carbons (Fsp3) is 0.250. The molecule has 1 amide bonds. The predicted molar refractivity (Wildman–Crippen MR) is 97.5 cm³/mol. The molecular formula is C20H22N4O. The van der Waals surface area contributed by atoms with Gasteiger partial charge in [-0.15, -0.1) is 0 Å².